The Bertz CT molecular complexity index is 898. The van der Waals surface area contributed by atoms with E-state index < -0.39 is 11.6 Å². The molecule has 3 rings (SSSR count). The van der Waals surface area contributed by atoms with E-state index in [9.17, 15) is 14.0 Å². The number of aromatic amines is 1. The van der Waals surface area contributed by atoms with Crippen LogP contribution in [0, 0.1) is 12.7 Å². The van der Waals surface area contributed by atoms with E-state index in [2.05, 4.69) is 9.97 Å². The predicted octanol–water partition coefficient (Wildman–Crippen LogP) is 2.60. The number of H-pyrrole nitrogens is 1. The van der Waals surface area contributed by atoms with Gasteiger partial charge in [-0.3, -0.25) is 9.59 Å². The van der Waals surface area contributed by atoms with Gasteiger partial charge in [-0.05, 0) is 43.3 Å². The molecule has 1 N–H and O–H groups in total. The zero-order chi connectivity index (χ0) is 15.0. The van der Waals surface area contributed by atoms with Crippen molar-refractivity contribution in [2.24, 2.45) is 0 Å². The van der Waals surface area contributed by atoms with E-state index in [4.69, 9.17) is 0 Å². The topological polar surface area (TPSA) is 62.8 Å². The molecular weight excluding hydrogens is 271 g/mol. The van der Waals surface area contributed by atoms with Gasteiger partial charge in [0.1, 0.15) is 11.5 Å². The van der Waals surface area contributed by atoms with Crippen LogP contribution in [0.5, 0.6) is 0 Å². The van der Waals surface area contributed by atoms with Crippen molar-refractivity contribution in [1.29, 1.82) is 0 Å². The molecular formula is C16H11FN2O2. The van der Waals surface area contributed by atoms with Gasteiger partial charge in [0, 0.05) is 17.5 Å². The fraction of sp³-hybridized carbons (Fsp3) is 0.0625. The minimum Gasteiger partial charge on any atom is -0.345 e. The van der Waals surface area contributed by atoms with Crippen LogP contribution in [0.2, 0.25) is 0 Å². The van der Waals surface area contributed by atoms with Gasteiger partial charge in [0.15, 0.2) is 5.78 Å². The van der Waals surface area contributed by atoms with Crippen molar-refractivity contribution in [2.75, 3.05) is 0 Å². The molecule has 1 aromatic carbocycles. The number of fused-ring (bicyclic) bond motifs is 1. The Morgan fingerprint density at radius 3 is 2.57 bits per heavy atom. The molecule has 104 valence electrons. The Hall–Kier alpha value is -2.82. The third kappa shape index (κ3) is 2.33. The molecule has 2 aromatic heterocycles. The normalized spacial score (nSPS) is 10.8. The molecule has 0 bridgehead atoms. The fourth-order valence-electron chi connectivity index (χ4n) is 2.13. The molecule has 0 spiro atoms. The van der Waals surface area contributed by atoms with Crippen molar-refractivity contribution in [1.82, 2.24) is 9.97 Å². The van der Waals surface area contributed by atoms with Gasteiger partial charge >= 0.3 is 0 Å². The summed E-state index contributed by atoms with van der Waals surface area (Å²) in [4.78, 5) is 31.8. The Morgan fingerprint density at radius 2 is 1.86 bits per heavy atom. The molecule has 0 amide bonds. The monoisotopic (exact) mass is 282 g/mol. The van der Waals surface area contributed by atoms with Crippen LogP contribution in [0.3, 0.4) is 0 Å². The standard InChI is InChI=1S/C16H11FN2O2/c1-9-2-7-12-15(21)13(8-18-16(12)19-9)14(20)10-3-5-11(17)6-4-10/h2-8H,1H3,(H,18,19,21). The molecule has 0 radical (unpaired) electrons. The van der Waals surface area contributed by atoms with Gasteiger partial charge in [-0.25, -0.2) is 9.37 Å². The minimum absolute atomic E-state index is 0.0137. The Kier molecular flexibility index (Phi) is 3.10. The third-order valence-corrected chi connectivity index (χ3v) is 3.23. The number of nitrogens with zero attached hydrogens (tertiary/aromatic N) is 1. The number of benzene rings is 1. The maximum Gasteiger partial charge on any atom is 0.202 e. The molecule has 0 saturated carbocycles. The van der Waals surface area contributed by atoms with Crippen LogP contribution in [0.25, 0.3) is 11.0 Å². The summed E-state index contributed by atoms with van der Waals surface area (Å²) in [6.45, 7) is 1.81. The van der Waals surface area contributed by atoms with Crippen molar-refractivity contribution >= 4 is 16.8 Å². The largest absolute Gasteiger partial charge is 0.345 e. The zero-order valence-corrected chi connectivity index (χ0v) is 11.2. The fourth-order valence-corrected chi connectivity index (χ4v) is 2.13. The number of hydrogen-bond donors (Lipinski definition) is 1. The van der Waals surface area contributed by atoms with Gasteiger partial charge in [0.25, 0.3) is 0 Å². The summed E-state index contributed by atoms with van der Waals surface area (Å²) in [5, 5.41) is 0.355. The van der Waals surface area contributed by atoms with Crippen molar-refractivity contribution in [3.63, 3.8) is 0 Å². The van der Waals surface area contributed by atoms with Crippen LogP contribution in [-0.4, -0.2) is 15.8 Å². The number of carbonyl (C=O) groups is 1. The molecule has 0 atom stereocenters. The lowest BCUT2D eigenvalue weighted by atomic mass is 10.0. The van der Waals surface area contributed by atoms with E-state index in [0.29, 0.717) is 11.0 Å². The highest BCUT2D eigenvalue weighted by molar-refractivity contribution is 6.09. The van der Waals surface area contributed by atoms with E-state index in [-0.39, 0.29) is 16.6 Å². The summed E-state index contributed by atoms with van der Waals surface area (Å²) in [7, 11) is 0. The van der Waals surface area contributed by atoms with Gasteiger partial charge < -0.3 is 4.98 Å². The number of pyridine rings is 2. The van der Waals surface area contributed by atoms with E-state index >= 15 is 0 Å². The van der Waals surface area contributed by atoms with Crippen LogP contribution >= 0.6 is 0 Å². The molecule has 0 saturated heterocycles. The number of halogens is 1. The highest BCUT2D eigenvalue weighted by atomic mass is 19.1. The van der Waals surface area contributed by atoms with Gasteiger partial charge in [0.2, 0.25) is 5.43 Å². The van der Waals surface area contributed by atoms with Crippen molar-refractivity contribution in [3.05, 3.63) is 75.5 Å². The van der Waals surface area contributed by atoms with Crippen LogP contribution in [0.1, 0.15) is 21.6 Å². The minimum atomic E-state index is -0.446. The summed E-state index contributed by atoms with van der Waals surface area (Å²) in [5.74, 6) is -0.877. The van der Waals surface area contributed by atoms with Gasteiger partial charge in [0.05, 0.1) is 10.9 Å². The molecule has 0 unspecified atom stereocenters. The third-order valence-electron chi connectivity index (χ3n) is 3.23. The molecule has 0 aliphatic carbocycles. The van der Waals surface area contributed by atoms with Gasteiger partial charge in [-0.15, -0.1) is 0 Å². The average molecular weight is 282 g/mol. The molecule has 5 heteroatoms. The number of nitrogens with one attached hydrogen (secondary N) is 1. The number of hydrogen-bond acceptors (Lipinski definition) is 3. The molecule has 4 nitrogen and oxygen atoms in total. The van der Waals surface area contributed by atoms with E-state index in [1.165, 1.54) is 30.5 Å². The lowest BCUT2D eigenvalue weighted by molar-refractivity contribution is 0.103. The number of carbonyl (C=O) groups excluding carboxylic acids is 1. The Labute approximate surface area is 119 Å². The smallest absolute Gasteiger partial charge is 0.202 e. The Balaban J connectivity index is 2.14. The zero-order valence-electron chi connectivity index (χ0n) is 11.2. The maximum atomic E-state index is 12.9. The first-order valence-corrected chi connectivity index (χ1v) is 6.35. The SMILES string of the molecule is Cc1ccc2c(=O)c(C(=O)c3ccc(F)cc3)c[nH]c2n1. The van der Waals surface area contributed by atoms with Crippen molar-refractivity contribution in [2.45, 2.75) is 6.92 Å². The van der Waals surface area contributed by atoms with Crippen molar-refractivity contribution < 1.29 is 9.18 Å². The summed E-state index contributed by atoms with van der Waals surface area (Å²) >= 11 is 0. The number of rotatable bonds is 2. The second kappa shape index (κ2) is 4.94. The average Bonchev–Trinajstić information content (AvgIpc) is 2.47. The number of aromatic nitrogens is 2. The molecule has 3 aromatic rings. The van der Waals surface area contributed by atoms with Crippen LogP contribution < -0.4 is 5.43 Å². The van der Waals surface area contributed by atoms with Gasteiger partial charge in [-0.2, -0.15) is 0 Å². The highest BCUT2D eigenvalue weighted by Crippen LogP contribution is 2.11. The lowest BCUT2D eigenvalue weighted by Gasteiger charge is -2.03. The van der Waals surface area contributed by atoms with Crippen LogP contribution in [0.15, 0.2) is 47.4 Å². The second-order valence-electron chi connectivity index (χ2n) is 4.72. The Morgan fingerprint density at radius 1 is 1.14 bits per heavy atom. The lowest BCUT2D eigenvalue weighted by Crippen LogP contribution is -2.17. The quantitative estimate of drug-likeness (QED) is 0.735. The molecule has 0 aliphatic rings. The van der Waals surface area contributed by atoms with E-state index in [1.807, 2.05) is 6.92 Å². The predicted molar refractivity (Wildman–Crippen MR) is 76.9 cm³/mol. The summed E-state index contributed by atoms with van der Waals surface area (Å²) in [5.41, 5.74) is 1.11. The molecule has 0 aliphatic heterocycles. The van der Waals surface area contributed by atoms with E-state index in [1.54, 1.807) is 12.1 Å². The van der Waals surface area contributed by atoms with Crippen LogP contribution in [0.4, 0.5) is 4.39 Å². The maximum absolute atomic E-state index is 12.9. The first-order valence-electron chi connectivity index (χ1n) is 6.35. The van der Waals surface area contributed by atoms with Gasteiger partial charge in [-0.1, -0.05) is 0 Å². The molecule has 21 heavy (non-hydrogen) atoms. The number of aryl methyl sites for hydroxylation is 1. The molecule has 0 fully saturated rings. The summed E-state index contributed by atoms with van der Waals surface area (Å²) < 4.78 is 12.9. The van der Waals surface area contributed by atoms with E-state index in [0.717, 1.165) is 5.69 Å². The second-order valence-corrected chi connectivity index (χ2v) is 4.72. The first kappa shape index (κ1) is 13.2. The molecule has 2 heterocycles. The number of ketones is 1. The first-order chi connectivity index (χ1) is 10.1. The summed E-state index contributed by atoms with van der Waals surface area (Å²) in [6.07, 6.45) is 1.35. The summed E-state index contributed by atoms with van der Waals surface area (Å²) in [6, 6.07) is 8.44. The highest BCUT2D eigenvalue weighted by Gasteiger charge is 2.15. The van der Waals surface area contributed by atoms with Crippen LogP contribution in [-0.2, 0) is 0 Å². The van der Waals surface area contributed by atoms with Crippen molar-refractivity contribution in [3.8, 4) is 0 Å².